The average molecular weight is 495 g/mol. The van der Waals surface area contributed by atoms with Crippen LogP contribution in [0.2, 0.25) is 0 Å². The molecule has 8 N–H and O–H groups in total. The Hall–Kier alpha value is -2.42. The van der Waals surface area contributed by atoms with Gasteiger partial charge in [-0.05, 0) is 19.4 Å². The van der Waals surface area contributed by atoms with Crippen molar-refractivity contribution in [3.8, 4) is 0 Å². The van der Waals surface area contributed by atoms with E-state index in [1.807, 2.05) is 4.90 Å². The maximum absolute atomic E-state index is 11.2. The molecule has 0 aromatic carbocycles. The Morgan fingerprint density at radius 1 is 1.20 bits per heavy atom. The van der Waals surface area contributed by atoms with Crippen molar-refractivity contribution in [3.63, 3.8) is 0 Å². The van der Waals surface area contributed by atoms with Gasteiger partial charge in [0.25, 0.3) is 0 Å². The van der Waals surface area contributed by atoms with Gasteiger partial charge in [-0.3, -0.25) is 14.3 Å². The fraction of sp³-hybridized carbons (Fsp3) is 0.727. The van der Waals surface area contributed by atoms with Crippen LogP contribution in [0.5, 0.6) is 0 Å². The van der Waals surface area contributed by atoms with Crippen LogP contribution in [0.15, 0.2) is 12.7 Å². The highest BCUT2D eigenvalue weighted by molar-refractivity contribution is 5.81. The van der Waals surface area contributed by atoms with Crippen LogP contribution in [-0.2, 0) is 9.53 Å². The number of nitrogens with one attached hydrogen (secondary N) is 1. The SMILES string of the molecule is CCCCCCNCCN(CC[C@H](N)C(=O)O)C[C@@H]1O[C@H](n2cnc3c(N)ncnc32)[C@@H](O)[C@H]1O. The van der Waals surface area contributed by atoms with Gasteiger partial charge in [-0.25, -0.2) is 15.0 Å². The third-order valence-corrected chi connectivity index (χ3v) is 6.32. The van der Waals surface area contributed by atoms with Gasteiger partial charge in [0.1, 0.15) is 36.2 Å². The lowest BCUT2D eigenvalue weighted by atomic mass is 10.1. The molecule has 0 bridgehead atoms. The highest BCUT2D eigenvalue weighted by atomic mass is 16.6. The molecule has 2 aromatic rings. The van der Waals surface area contributed by atoms with E-state index >= 15 is 0 Å². The average Bonchev–Trinajstić information content (AvgIpc) is 3.38. The minimum atomic E-state index is -1.21. The molecule has 13 heteroatoms. The smallest absolute Gasteiger partial charge is 0.320 e. The normalized spacial score (nSPS) is 23.3. The predicted octanol–water partition coefficient (Wildman–Crippen LogP) is -0.698. The van der Waals surface area contributed by atoms with Gasteiger partial charge in [-0.15, -0.1) is 0 Å². The molecule has 0 aliphatic carbocycles. The van der Waals surface area contributed by atoms with Crippen molar-refractivity contribution in [2.75, 3.05) is 38.5 Å². The van der Waals surface area contributed by atoms with Crippen LogP contribution in [0.1, 0.15) is 45.3 Å². The van der Waals surface area contributed by atoms with Crippen LogP contribution < -0.4 is 16.8 Å². The Morgan fingerprint density at radius 3 is 2.74 bits per heavy atom. The lowest BCUT2D eigenvalue weighted by Gasteiger charge is -2.27. The number of carbonyl (C=O) groups is 1. The lowest BCUT2D eigenvalue weighted by molar-refractivity contribution is -0.138. The summed E-state index contributed by atoms with van der Waals surface area (Å²) in [6.45, 7) is 5.10. The van der Waals surface area contributed by atoms with Gasteiger partial charge in [0, 0.05) is 26.2 Å². The highest BCUT2D eigenvalue weighted by Crippen LogP contribution is 2.32. The number of rotatable bonds is 15. The van der Waals surface area contributed by atoms with E-state index in [1.165, 1.54) is 36.5 Å². The van der Waals surface area contributed by atoms with Crippen LogP contribution in [0, 0.1) is 0 Å². The molecule has 0 saturated carbocycles. The summed E-state index contributed by atoms with van der Waals surface area (Å²) >= 11 is 0. The number of aliphatic carboxylic acids is 1. The van der Waals surface area contributed by atoms with Crippen molar-refractivity contribution in [3.05, 3.63) is 12.7 Å². The number of fused-ring (bicyclic) bond motifs is 1. The van der Waals surface area contributed by atoms with Crippen LogP contribution >= 0.6 is 0 Å². The van der Waals surface area contributed by atoms with E-state index in [9.17, 15) is 15.0 Å². The first-order chi connectivity index (χ1) is 16.8. The Labute approximate surface area is 204 Å². The molecule has 1 saturated heterocycles. The lowest BCUT2D eigenvalue weighted by Crippen LogP contribution is -2.44. The standard InChI is InChI=1S/C22H38N8O5/c1-2-3-4-5-7-25-8-10-29(9-6-14(23)22(33)34)11-15-17(31)18(32)21(35-15)30-13-28-16-19(24)26-12-27-20(16)30/h12-15,17-18,21,25,31-32H,2-11,23H2,1H3,(H,33,34)(H2,24,26,27)/t14-,15-,17-,18-,21-/m0/s1. The quantitative estimate of drug-likeness (QED) is 0.170. The van der Waals surface area contributed by atoms with Gasteiger partial charge in [0.15, 0.2) is 17.7 Å². The number of anilines is 1. The molecule has 3 rings (SSSR count). The largest absolute Gasteiger partial charge is 0.480 e. The summed E-state index contributed by atoms with van der Waals surface area (Å²) in [7, 11) is 0. The van der Waals surface area contributed by atoms with E-state index in [0.29, 0.717) is 37.3 Å². The van der Waals surface area contributed by atoms with Crippen molar-refractivity contribution in [1.82, 2.24) is 29.7 Å². The molecular formula is C22H38N8O5. The zero-order valence-electron chi connectivity index (χ0n) is 20.2. The Kier molecular flexibility index (Phi) is 10.1. The summed E-state index contributed by atoms with van der Waals surface area (Å²) in [5, 5.41) is 34.0. The summed E-state index contributed by atoms with van der Waals surface area (Å²) in [6, 6.07) is -0.977. The number of aliphatic hydroxyl groups is 2. The third-order valence-electron chi connectivity index (χ3n) is 6.32. The second kappa shape index (κ2) is 13.0. The number of ether oxygens (including phenoxy) is 1. The molecule has 13 nitrogen and oxygen atoms in total. The van der Waals surface area contributed by atoms with Gasteiger partial charge in [0.2, 0.25) is 0 Å². The van der Waals surface area contributed by atoms with E-state index in [1.54, 1.807) is 0 Å². The monoisotopic (exact) mass is 494 g/mol. The van der Waals surface area contributed by atoms with Crippen molar-refractivity contribution in [1.29, 1.82) is 0 Å². The second-order valence-electron chi connectivity index (χ2n) is 8.97. The number of hydrogen-bond acceptors (Lipinski definition) is 11. The molecule has 1 aliphatic rings. The number of nitrogens with zero attached hydrogens (tertiary/aromatic N) is 5. The number of aliphatic hydroxyl groups excluding tert-OH is 2. The topological polar surface area (TPSA) is 198 Å². The molecule has 35 heavy (non-hydrogen) atoms. The van der Waals surface area contributed by atoms with Crippen molar-refractivity contribution >= 4 is 23.0 Å². The summed E-state index contributed by atoms with van der Waals surface area (Å²) in [5.74, 6) is -0.846. The van der Waals surface area contributed by atoms with Gasteiger partial charge >= 0.3 is 5.97 Å². The molecule has 5 atom stereocenters. The first-order valence-electron chi connectivity index (χ1n) is 12.2. The van der Waals surface area contributed by atoms with Crippen LogP contribution in [-0.4, -0.2) is 103 Å². The zero-order valence-corrected chi connectivity index (χ0v) is 20.2. The summed E-state index contributed by atoms with van der Waals surface area (Å²) in [6.07, 6.45) is 3.69. The Balaban J connectivity index is 1.62. The van der Waals surface area contributed by atoms with Crippen LogP contribution in [0.3, 0.4) is 0 Å². The number of nitrogen functional groups attached to an aromatic ring is 1. The van der Waals surface area contributed by atoms with Crippen molar-refractivity contribution in [2.45, 2.75) is 69.6 Å². The van der Waals surface area contributed by atoms with Gasteiger partial charge in [-0.1, -0.05) is 26.2 Å². The van der Waals surface area contributed by atoms with Gasteiger partial charge in [0.05, 0.1) is 6.33 Å². The van der Waals surface area contributed by atoms with E-state index in [4.69, 9.17) is 21.3 Å². The van der Waals surface area contributed by atoms with E-state index in [2.05, 4.69) is 27.2 Å². The van der Waals surface area contributed by atoms with E-state index in [0.717, 1.165) is 13.0 Å². The number of nitrogens with two attached hydrogens (primary N) is 2. The molecule has 0 amide bonds. The van der Waals surface area contributed by atoms with Crippen LogP contribution in [0.25, 0.3) is 11.2 Å². The number of hydrogen-bond donors (Lipinski definition) is 6. The summed E-state index contributed by atoms with van der Waals surface area (Å²) in [5.41, 5.74) is 12.3. The third kappa shape index (κ3) is 7.06. The summed E-state index contributed by atoms with van der Waals surface area (Å²) in [4.78, 5) is 25.5. The van der Waals surface area contributed by atoms with E-state index < -0.39 is 36.6 Å². The van der Waals surface area contributed by atoms with Gasteiger partial charge < -0.3 is 36.8 Å². The summed E-state index contributed by atoms with van der Waals surface area (Å²) < 4.78 is 7.58. The molecular weight excluding hydrogens is 456 g/mol. The van der Waals surface area contributed by atoms with E-state index in [-0.39, 0.29) is 12.2 Å². The van der Waals surface area contributed by atoms with Gasteiger partial charge in [-0.2, -0.15) is 0 Å². The first kappa shape index (κ1) is 27.2. The van der Waals surface area contributed by atoms with Crippen molar-refractivity contribution < 1.29 is 24.9 Å². The van der Waals surface area contributed by atoms with Crippen LogP contribution in [0.4, 0.5) is 5.82 Å². The minimum absolute atomic E-state index is 0.210. The molecule has 196 valence electrons. The number of imidazole rings is 1. The zero-order chi connectivity index (χ0) is 25.4. The maximum Gasteiger partial charge on any atom is 0.320 e. The molecule has 1 aliphatic heterocycles. The fourth-order valence-corrected chi connectivity index (χ4v) is 4.20. The Bertz CT molecular complexity index is 944. The number of carboxylic acids is 1. The fourth-order valence-electron chi connectivity index (χ4n) is 4.20. The maximum atomic E-state index is 11.2. The number of unbranched alkanes of at least 4 members (excludes halogenated alkanes) is 3. The molecule has 2 aromatic heterocycles. The van der Waals surface area contributed by atoms with Crippen molar-refractivity contribution in [2.24, 2.45) is 5.73 Å². The minimum Gasteiger partial charge on any atom is -0.480 e. The number of carboxylic acid groups (broad SMARTS) is 1. The number of aromatic nitrogens is 4. The first-order valence-corrected chi connectivity index (χ1v) is 12.2. The molecule has 0 radical (unpaired) electrons. The Morgan fingerprint density at radius 2 is 2.00 bits per heavy atom. The molecule has 0 spiro atoms. The molecule has 1 fully saturated rings. The highest BCUT2D eigenvalue weighted by Gasteiger charge is 2.44. The second-order valence-corrected chi connectivity index (χ2v) is 8.97. The molecule has 0 unspecified atom stereocenters. The predicted molar refractivity (Wildman–Crippen MR) is 129 cm³/mol. The molecule has 3 heterocycles.